The van der Waals surface area contributed by atoms with Crippen molar-refractivity contribution in [1.29, 1.82) is 0 Å². The molecule has 1 aliphatic rings. The molecule has 0 aromatic carbocycles. The number of ether oxygens (including phenoxy) is 1. The van der Waals surface area contributed by atoms with Gasteiger partial charge in [-0.3, -0.25) is 14.4 Å². The van der Waals surface area contributed by atoms with Crippen LogP contribution in [0.15, 0.2) is 43.7 Å². The van der Waals surface area contributed by atoms with Gasteiger partial charge in [0.05, 0.1) is 18.1 Å². The predicted molar refractivity (Wildman–Crippen MR) is 118 cm³/mol. The highest BCUT2D eigenvalue weighted by Gasteiger charge is 2.41. The predicted octanol–water partition coefficient (Wildman–Crippen LogP) is 4.93. The molecule has 0 N–H and O–H groups in total. The first-order valence-corrected chi connectivity index (χ1v) is 10.3. The van der Waals surface area contributed by atoms with Crippen LogP contribution in [-0.2, 0) is 15.0 Å². The quantitative estimate of drug-likeness (QED) is 0.662. The molecule has 5 nitrogen and oxygen atoms in total. The SMILES string of the molecule is CCC(=O)[C@@H](C)C=C(C)C1=C(C)C(=O)C(C)=C[C@]1(C)c1oc(OC)c(C)c(=O)c1C. The van der Waals surface area contributed by atoms with Crippen molar-refractivity contribution in [2.75, 3.05) is 7.11 Å². The highest BCUT2D eigenvalue weighted by Crippen LogP contribution is 2.45. The van der Waals surface area contributed by atoms with Crippen molar-refractivity contribution >= 4 is 11.6 Å². The fourth-order valence-corrected chi connectivity index (χ4v) is 4.54. The fourth-order valence-electron chi connectivity index (χ4n) is 4.54. The summed E-state index contributed by atoms with van der Waals surface area (Å²) in [5, 5.41) is 0. The van der Waals surface area contributed by atoms with Gasteiger partial charge in [-0.1, -0.05) is 26.0 Å². The van der Waals surface area contributed by atoms with Gasteiger partial charge < -0.3 is 9.15 Å². The van der Waals surface area contributed by atoms with Crippen molar-refractivity contribution in [3.8, 4) is 5.95 Å². The lowest BCUT2D eigenvalue weighted by atomic mass is 9.67. The first-order valence-electron chi connectivity index (χ1n) is 10.3. The second-order valence-corrected chi connectivity index (χ2v) is 8.32. The number of rotatable bonds is 6. The first-order chi connectivity index (χ1) is 13.9. The van der Waals surface area contributed by atoms with E-state index in [4.69, 9.17) is 9.15 Å². The summed E-state index contributed by atoms with van der Waals surface area (Å²) in [4.78, 5) is 37.9. The average molecular weight is 413 g/mol. The van der Waals surface area contributed by atoms with Crippen molar-refractivity contribution in [2.45, 2.75) is 67.2 Å². The van der Waals surface area contributed by atoms with Crippen LogP contribution in [0.3, 0.4) is 0 Å². The minimum absolute atomic E-state index is 0.0521. The van der Waals surface area contributed by atoms with Crippen LogP contribution >= 0.6 is 0 Å². The van der Waals surface area contributed by atoms with Gasteiger partial charge in [-0.05, 0) is 58.3 Å². The Balaban J connectivity index is 2.86. The minimum atomic E-state index is -0.859. The number of carbonyl (C=O) groups excluding carboxylic acids is 2. The second-order valence-electron chi connectivity index (χ2n) is 8.32. The molecule has 2 atom stereocenters. The van der Waals surface area contributed by atoms with E-state index in [9.17, 15) is 14.4 Å². The molecule has 1 aliphatic carbocycles. The summed E-state index contributed by atoms with van der Waals surface area (Å²) in [6.45, 7) is 14.5. The number of hydrogen-bond acceptors (Lipinski definition) is 5. The monoisotopic (exact) mass is 412 g/mol. The van der Waals surface area contributed by atoms with Gasteiger partial charge in [0.1, 0.15) is 11.5 Å². The van der Waals surface area contributed by atoms with Crippen LogP contribution in [0.1, 0.15) is 64.9 Å². The molecular formula is C25H32O5. The maximum absolute atomic E-state index is 12.9. The Labute approximate surface area is 178 Å². The average Bonchev–Trinajstić information content (AvgIpc) is 2.69. The molecule has 30 heavy (non-hydrogen) atoms. The van der Waals surface area contributed by atoms with Crippen LogP contribution in [0.2, 0.25) is 0 Å². The van der Waals surface area contributed by atoms with Crippen molar-refractivity contribution in [1.82, 2.24) is 0 Å². The topological polar surface area (TPSA) is 73.6 Å². The lowest BCUT2D eigenvalue weighted by Crippen LogP contribution is -2.33. The molecule has 0 aliphatic heterocycles. The smallest absolute Gasteiger partial charge is 0.291 e. The summed E-state index contributed by atoms with van der Waals surface area (Å²) >= 11 is 0. The number of methoxy groups -OCH3 is 1. The lowest BCUT2D eigenvalue weighted by molar-refractivity contribution is -0.120. The van der Waals surface area contributed by atoms with Crippen molar-refractivity contribution in [3.05, 3.63) is 61.6 Å². The van der Waals surface area contributed by atoms with Crippen LogP contribution in [0.5, 0.6) is 5.95 Å². The van der Waals surface area contributed by atoms with Gasteiger partial charge in [-0.2, -0.15) is 0 Å². The Bertz CT molecular complexity index is 1050. The largest absolute Gasteiger partial charge is 0.468 e. The van der Waals surface area contributed by atoms with Gasteiger partial charge >= 0.3 is 0 Å². The molecular weight excluding hydrogens is 380 g/mol. The van der Waals surface area contributed by atoms with Gasteiger partial charge in [0, 0.05) is 23.5 Å². The maximum Gasteiger partial charge on any atom is 0.291 e. The number of allylic oxidation sites excluding steroid dienone is 6. The van der Waals surface area contributed by atoms with E-state index in [0.29, 0.717) is 34.5 Å². The number of ketones is 2. The van der Waals surface area contributed by atoms with Crippen LogP contribution in [-0.4, -0.2) is 18.7 Å². The third-order valence-electron chi connectivity index (χ3n) is 6.03. The zero-order valence-electron chi connectivity index (χ0n) is 19.5. The number of carbonyl (C=O) groups is 2. The van der Waals surface area contributed by atoms with Gasteiger partial charge in [0.2, 0.25) is 0 Å². The van der Waals surface area contributed by atoms with Gasteiger partial charge in [0.15, 0.2) is 11.2 Å². The first kappa shape index (κ1) is 23.6. The molecule has 1 heterocycles. The van der Waals surface area contributed by atoms with E-state index in [0.717, 1.165) is 11.1 Å². The molecule has 162 valence electrons. The Morgan fingerprint density at radius 1 is 1.20 bits per heavy atom. The summed E-state index contributed by atoms with van der Waals surface area (Å²) in [7, 11) is 1.46. The molecule has 0 bridgehead atoms. The summed E-state index contributed by atoms with van der Waals surface area (Å²) in [5.41, 5.74) is 2.63. The lowest BCUT2D eigenvalue weighted by Gasteiger charge is -2.35. The summed E-state index contributed by atoms with van der Waals surface area (Å²) in [6.07, 6.45) is 4.19. The van der Waals surface area contributed by atoms with E-state index >= 15 is 0 Å². The van der Waals surface area contributed by atoms with Gasteiger partial charge in [-0.25, -0.2) is 0 Å². The third-order valence-corrected chi connectivity index (χ3v) is 6.03. The molecule has 0 unspecified atom stereocenters. The van der Waals surface area contributed by atoms with Crippen molar-refractivity contribution in [3.63, 3.8) is 0 Å². The molecule has 5 heteroatoms. The molecule has 2 rings (SSSR count). The van der Waals surface area contributed by atoms with E-state index < -0.39 is 5.41 Å². The highest BCUT2D eigenvalue weighted by atomic mass is 16.6. The zero-order valence-corrected chi connectivity index (χ0v) is 19.5. The molecule has 1 aromatic rings. The van der Waals surface area contributed by atoms with Crippen LogP contribution < -0.4 is 10.2 Å². The van der Waals surface area contributed by atoms with Crippen LogP contribution in [0, 0.1) is 19.8 Å². The second kappa shape index (κ2) is 8.58. The van der Waals surface area contributed by atoms with Crippen molar-refractivity contribution in [2.24, 2.45) is 5.92 Å². The van der Waals surface area contributed by atoms with E-state index in [1.807, 2.05) is 39.8 Å². The molecule has 0 fully saturated rings. The van der Waals surface area contributed by atoms with E-state index in [1.165, 1.54) is 7.11 Å². The van der Waals surface area contributed by atoms with E-state index in [1.54, 1.807) is 27.7 Å². The summed E-state index contributed by atoms with van der Waals surface area (Å²) in [5.74, 6) is 0.408. The maximum atomic E-state index is 12.9. The zero-order chi connectivity index (χ0) is 23.0. The van der Waals surface area contributed by atoms with E-state index in [-0.39, 0.29) is 28.9 Å². The molecule has 0 spiro atoms. The molecule has 0 saturated carbocycles. The highest BCUT2D eigenvalue weighted by molar-refractivity contribution is 6.10. The molecule has 0 saturated heterocycles. The summed E-state index contributed by atoms with van der Waals surface area (Å²) < 4.78 is 11.4. The standard InChI is InChI=1S/C25H32O5/c1-10-19(26)13(2)11-14(3)20-16(5)21(27)15(4)12-25(20,8)23-17(6)22(28)18(7)24(29-9)30-23/h11-13H,10H2,1-9H3/t13-,25-/m0/s1. The van der Waals surface area contributed by atoms with E-state index in [2.05, 4.69) is 0 Å². The Morgan fingerprint density at radius 2 is 1.80 bits per heavy atom. The Hall–Kier alpha value is -2.69. The number of Topliss-reactive ketones (excluding diaryl/α,β-unsaturated/α-hetero) is 2. The molecule has 0 amide bonds. The van der Waals surface area contributed by atoms with Crippen LogP contribution in [0.25, 0.3) is 0 Å². The summed E-state index contributed by atoms with van der Waals surface area (Å²) in [6, 6.07) is 0. The normalized spacial score (nSPS) is 20.9. The third kappa shape index (κ3) is 3.85. The molecule has 1 aromatic heterocycles. The van der Waals surface area contributed by atoms with Crippen molar-refractivity contribution < 1.29 is 18.7 Å². The van der Waals surface area contributed by atoms with Gasteiger partial charge in [0.25, 0.3) is 5.95 Å². The Kier molecular flexibility index (Phi) is 6.75. The number of hydrogen-bond donors (Lipinski definition) is 0. The fraction of sp³-hybridized carbons (Fsp3) is 0.480. The van der Waals surface area contributed by atoms with Crippen LogP contribution in [0.4, 0.5) is 0 Å². The Morgan fingerprint density at radius 3 is 2.33 bits per heavy atom. The van der Waals surface area contributed by atoms with Gasteiger partial charge in [-0.15, -0.1) is 0 Å². The molecule has 0 radical (unpaired) electrons. The minimum Gasteiger partial charge on any atom is -0.468 e.